The number of hydrogen-bond donors (Lipinski definition) is 2. The van der Waals surface area contributed by atoms with Gasteiger partial charge in [-0.25, -0.2) is 9.59 Å². The first-order valence-corrected chi connectivity index (χ1v) is 11.9. The molecular formula is C27H30N2O5. The maximum atomic E-state index is 13.6. The zero-order chi connectivity index (χ0) is 24.1. The second-order valence-electron chi connectivity index (χ2n) is 10.1. The summed E-state index contributed by atoms with van der Waals surface area (Å²) in [5.41, 5.74) is 2.08. The van der Waals surface area contributed by atoms with Gasteiger partial charge in [0, 0.05) is 12.5 Å². The van der Waals surface area contributed by atoms with E-state index in [1.165, 1.54) is 4.90 Å². The molecule has 2 aromatic carbocycles. The molecule has 2 aliphatic carbocycles. The number of carboxylic acids is 1. The van der Waals surface area contributed by atoms with Crippen molar-refractivity contribution < 1.29 is 24.2 Å². The number of carboxylic acid groups (broad SMARTS) is 1. The van der Waals surface area contributed by atoms with E-state index >= 15 is 0 Å². The first kappa shape index (κ1) is 22.4. The summed E-state index contributed by atoms with van der Waals surface area (Å²) in [7, 11) is 0. The highest BCUT2D eigenvalue weighted by Gasteiger charge is 2.56. The molecule has 2 N–H and O–H groups in total. The Bertz CT molecular complexity index is 1110. The number of alkyl carbamates (subject to hydrolysis) is 1. The minimum Gasteiger partial charge on any atom is -0.480 e. The fraction of sp³-hybridized carbons (Fsp3) is 0.444. The molecule has 5 rings (SSSR count). The standard InChI is InChI=1S/C27H30N2O5/c1-26(24(31)32)14-7-15-29(26)23(30)27(2,17-12-13-17)28-25(33)34-16-22-20-10-5-3-8-18(20)19-9-4-6-11-21(19)22/h3-6,8-11,17,22H,7,12-16H2,1-2H3,(H,28,33)(H,31,32)/t26-,27?/m1/s1. The summed E-state index contributed by atoms with van der Waals surface area (Å²) in [6, 6.07) is 16.2. The molecule has 7 heteroatoms. The molecule has 2 amide bonds. The van der Waals surface area contributed by atoms with Gasteiger partial charge in [-0.05, 0) is 67.7 Å². The van der Waals surface area contributed by atoms with Crippen molar-refractivity contribution in [3.63, 3.8) is 0 Å². The van der Waals surface area contributed by atoms with Gasteiger partial charge in [0.15, 0.2) is 0 Å². The molecule has 2 aromatic rings. The second-order valence-corrected chi connectivity index (χ2v) is 10.1. The molecule has 1 saturated heterocycles. The molecule has 0 radical (unpaired) electrons. The molecule has 1 saturated carbocycles. The second kappa shape index (κ2) is 8.15. The van der Waals surface area contributed by atoms with Crippen molar-refractivity contribution in [2.75, 3.05) is 13.2 Å². The predicted molar refractivity (Wildman–Crippen MR) is 126 cm³/mol. The topological polar surface area (TPSA) is 95.9 Å². The molecule has 0 aromatic heterocycles. The SMILES string of the molecule is CC(NC(=O)OCC1c2ccccc2-c2ccccc21)(C(=O)N1CCC[C@]1(C)C(=O)O)C1CC1. The molecule has 2 fully saturated rings. The van der Waals surface area contributed by atoms with Crippen LogP contribution in [0.25, 0.3) is 11.1 Å². The van der Waals surface area contributed by atoms with E-state index in [2.05, 4.69) is 29.6 Å². The van der Waals surface area contributed by atoms with Crippen molar-refractivity contribution in [2.24, 2.45) is 5.92 Å². The van der Waals surface area contributed by atoms with E-state index in [9.17, 15) is 19.5 Å². The fourth-order valence-electron chi connectivity index (χ4n) is 5.63. The Kier molecular flexibility index (Phi) is 5.38. The van der Waals surface area contributed by atoms with Crippen molar-refractivity contribution in [3.8, 4) is 11.1 Å². The smallest absolute Gasteiger partial charge is 0.408 e. The summed E-state index contributed by atoms with van der Waals surface area (Å²) < 4.78 is 5.69. The molecule has 34 heavy (non-hydrogen) atoms. The lowest BCUT2D eigenvalue weighted by Gasteiger charge is -2.39. The maximum Gasteiger partial charge on any atom is 0.408 e. The highest BCUT2D eigenvalue weighted by molar-refractivity contribution is 5.95. The Hall–Kier alpha value is -3.35. The van der Waals surface area contributed by atoms with Crippen LogP contribution in [-0.2, 0) is 14.3 Å². The maximum absolute atomic E-state index is 13.6. The van der Waals surface area contributed by atoms with Crippen LogP contribution in [0.15, 0.2) is 48.5 Å². The number of nitrogens with one attached hydrogen (secondary N) is 1. The number of benzene rings is 2. The van der Waals surface area contributed by atoms with Crippen molar-refractivity contribution >= 4 is 18.0 Å². The van der Waals surface area contributed by atoms with Gasteiger partial charge >= 0.3 is 12.1 Å². The molecule has 1 aliphatic heterocycles. The number of carbonyl (C=O) groups is 3. The van der Waals surface area contributed by atoms with Gasteiger partial charge in [0.1, 0.15) is 17.7 Å². The van der Waals surface area contributed by atoms with Crippen LogP contribution >= 0.6 is 0 Å². The van der Waals surface area contributed by atoms with Gasteiger partial charge in [0.25, 0.3) is 0 Å². The molecule has 178 valence electrons. The van der Waals surface area contributed by atoms with E-state index < -0.39 is 23.1 Å². The third-order valence-corrected chi connectivity index (χ3v) is 7.89. The van der Waals surface area contributed by atoms with Gasteiger partial charge in [-0.15, -0.1) is 0 Å². The largest absolute Gasteiger partial charge is 0.480 e. The van der Waals surface area contributed by atoms with Gasteiger partial charge < -0.3 is 20.1 Å². The molecule has 0 spiro atoms. The van der Waals surface area contributed by atoms with E-state index in [4.69, 9.17) is 4.74 Å². The minimum atomic E-state index is -1.25. The van der Waals surface area contributed by atoms with Crippen LogP contribution in [0.5, 0.6) is 0 Å². The Labute approximate surface area is 199 Å². The molecule has 1 unspecified atom stereocenters. The number of nitrogens with zero attached hydrogens (tertiary/aromatic N) is 1. The zero-order valence-electron chi connectivity index (χ0n) is 19.5. The van der Waals surface area contributed by atoms with Gasteiger partial charge in [0.2, 0.25) is 5.91 Å². The summed E-state index contributed by atoms with van der Waals surface area (Å²) >= 11 is 0. The first-order chi connectivity index (χ1) is 16.3. The third-order valence-electron chi connectivity index (χ3n) is 7.89. The highest BCUT2D eigenvalue weighted by Crippen LogP contribution is 2.45. The van der Waals surface area contributed by atoms with Crippen LogP contribution in [0.3, 0.4) is 0 Å². The fourth-order valence-corrected chi connectivity index (χ4v) is 5.63. The van der Waals surface area contributed by atoms with Crippen LogP contribution in [-0.4, -0.2) is 52.2 Å². The molecule has 7 nitrogen and oxygen atoms in total. The summed E-state index contributed by atoms with van der Waals surface area (Å²) in [5, 5.41) is 12.6. The Balaban J connectivity index is 1.32. The molecule has 0 bridgehead atoms. The van der Waals surface area contributed by atoms with Crippen LogP contribution in [0.1, 0.15) is 56.6 Å². The molecular weight excluding hydrogens is 432 g/mol. The van der Waals surface area contributed by atoms with Crippen LogP contribution in [0, 0.1) is 5.92 Å². The lowest BCUT2D eigenvalue weighted by Crippen LogP contribution is -2.63. The number of hydrogen-bond acceptors (Lipinski definition) is 4. The number of carbonyl (C=O) groups excluding carboxylic acids is 2. The number of fused-ring (bicyclic) bond motifs is 3. The van der Waals surface area contributed by atoms with Crippen molar-refractivity contribution in [1.82, 2.24) is 10.2 Å². The van der Waals surface area contributed by atoms with E-state index in [1.54, 1.807) is 13.8 Å². The zero-order valence-corrected chi connectivity index (χ0v) is 19.5. The summed E-state index contributed by atoms with van der Waals surface area (Å²) in [6.45, 7) is 3.82. The van der Waals surface area contributed by atoms with Gasteiger partial charge in [-0.3, -0.25) is 4.79 Å². The lowest BCUT2D eigenvalue weighted by atomic mass is 9.91. The average Bonchev–Trinajstić information content (AvgIpc) is 3.54. The number of aliphatic carboxylic acids is 1. The Morgan fingerprint density at radius 2 is 1.68 bits per heavy atom. The van der Waals surface area contributed by atoms with Crippen LogP contribution in [0.4, 0.5) is 4.79 Å². The van der Waals surface area contributed by atoms with Gasteiger partial charge in [0.05, 0.1) is 0 Å². The normalized spacial score (nSPS) is 23.1. The minimum absolute atomic E-state index is 0.0286. The Morgan fingerprint density at radius 3 is 2.24 bits per heavy atom. The third kappa shape index (κ3) is 3.54. The van der Waals surface area contributed by atoms with E-state index in [1.807, 2.05) is 24.3 Å². The van der Waals surface area contributed by atoms with E-state index in [0.717, 1.165) is 35.1 Å². The number of rotatable bonds is 6. The summed E-state index contributed by atoms with van der Waals surface area (Å²) in [6.07, 6.45) is 1.99. The van der Waals surface area contributed by atoms with E-state index in [-0.39, 0.29) is 24.3 Å². The summed E-state index contributed by atoms with van der Waals surface area (Å²) in [4.78, 5) is 39.9. The van der Waals surface area contributed by atoms with Crippen LogP contribution in [0.2, 0.25) is 0 Å². The quantitative estimate of drug-likeness (QED) is 0.672. The first-order valence-electron chi connectivity index (χ1n) is 11.9. The van der Waals surface area contributed by atoms with Crippen molar-refractivity contribution in [3.05, 3.63) is 59.7 Å². The molecule has 2 atom stereocenters. The molecule has 1 heterocycles. The molecule has 3 aliphatic rings. The van der Waals surface area contributed by atoms with Crippen LogP contribution < -0.4 is 5.32 Å². The predicted octanol–water partition coefficient (Wildman–Crippen LogP) is 4.16. The van der Waals surface area contributed by atoms with Gasteiger partial charge in [-0.1, -0.05) is 48.5 Å². The summed E-state index contributed by atoms with van der Waals surface area (Å²) in [5.74, 6) is -1.46. The monoisotopic (exact) mass is 462 g/mol. The highest BCUT2D eigenvalue weighted by atomic mass is 16.5. The van der Waals surface area contributed by atoms with Crippen molar-refractivity contribution in [1.29, 1.82) is 0 Å². The lowest BCUT2D eigenvalue weighted by molar-refractivity contribution is -0.158. The number of ether oxygens (including phenoxy) is 1. The number of amides is 2. The Morgan fingerprint density at radius 1 is 1.09 bits per heavy atom. The van der Waals surface area contributed by atoms with Gasteiger partial charge in [-0.2, -0.15) is 0 Å². The number of likely N-dealkylation sites (tertiary alicyclic amines) is 1. The van der Waals surface area contributed by atoms with Crippen molar-refractivity contribution in [2.45, 2.75) is 56.5 Å². The average molecular weight is 463 g/mol. The van der Waals surface area contributed by atoms with E-state index in [0.29, 0.717) is 19.4 Å².